The molecule has 1 N–H and O–H groups in total. The number of halogens is 1. The Balaban J connectivity index is 2.13. The summed E-state index contributed by atoms with van der Waals surface area (Å²) in [5.41, 5.74) is 3.48. The number of benzene rings is 2. The number of methoxy groups -OCH3 is 1. The van der Waals surface area contributed by atoms with Crippen LogP contribution in [-0.2, 0) is 6.54 Å². The topological polar surface area (TPSA) is 30.5 Å². The van der Waals surface area contributed by atoms with Crippen molar-refractivity contribution in [3.8, 4) is 11.5 Å². The van der Waals surface area contributed by atoms with Gasteiger partial charge in [0.05, 0.1) is 13.7 Å². The molecule has 0 aromatic heterocycles. The van der Waals surface area contributed by atoms with Gasteiger partial charge < -0.3 is 14.8 Å². The number of hydrogen-bond acceptors (Lipinski definition) is 3. The van der Waals surface area contributed by atoms with Crippen LogP contribution in [0.15, 0.2) is 40.9 Å². The lowest BCUT2D eigenvalue weighted by atomic mass is 10.1. The highest BCUT2D eigenvalue weighted by atomic mass is 79.9. The Hall–Kier alpha value is -1.68. The molecule has 21 heavy (non-hydrogen) atoms. The van der Waals surface area contributed by atoms with Crippen LogP contribution >= 0.6 is 15.9 Å². The first-order valence-electron chi connectivity index (χ1n) is 6.94. The van der Waals surface area contributed by atoms with Crippen molar-refractivity contribution >= 4 is 21.6 Å². The van der Waals surface area contributed by atoms with Crippen molar-refractivity contribution in [2.75, 3.05) is 19.0 Å². The molecule has 2 rings (SSSR count). The molecule has 0 saturated heterocycles. The van der Waals surface area contributed by atoms with Crippen molar-refractivity contribution in [1.82, 2.24) is 0 Å². The fraction of sp³-hybridized carbons (Fsp3) is 0.294. The Kier molecular flexibility index (Phi) is 5.51. The van der Waals surface area contributed by atoms with Gasteiger partial charge in [-0.05, 0) is 49.2 Å². The zero-order valence-corrected chi connectivity index (χ0v) is 14.2. The summed E-state index contributed by atoms with van der Waals surface area (Å²) in [6.07, 6.45) is 0. The maximum atomic E-state index is 5.60. The number of nitrogens with one attached hydrogen (secondary N) is 1. The van der Waals surface area contributed by atoms with Gasteiger partial charge in [0, 0.05) is 16.7 Å². The van der Waals surface area contributed by atoms with Crippen LogP contribution in [0.3, 0.4) is 0 Å². The summed E-state index contributed by atoms with van der Waals surface area (Å²) < 4.78 is 12.0. The number of anilines is 1. The van der Waals surface area contributed by atoms with E-state index in [0.717, 1.165) is 33.8 Å². The van der Waals surface area contributed by atoms with Crippen LogP contribution in [0.25, 0.3) is 0 Å². The molecular weight excluding hydrogens is 330 g/mol. The third kappa shape index (κ3) is 3.91. The third-order valence-corrected chi connectivity index (χ3v) is 4.14. The molecule has 2 aromatic rings. The van der Waals surface area contributed by atoms with Crippen LogP contribution in [0.5, 0.6) is 11.5 Å². The predicted molar refractivity (Wildman–Crippen MR) is 90.4 cm³/mol. The molecule has 0 aliphatic heterocycles. The summed E-state index contributed by atoms with van der Waals surface area (Å²) in [6.45, 7) is 5.42. The van der Waals surface area contributed by atoms with Gasteiger partial charge in [-0.2, -0.15) is 0 Å². The fourth-order valence-electron chi connectivity index (χ4n) is 2.10. The lowest BCUT2D eigenvalue weighted by Gasteiger charge is -2.13. The summed E-state index contributed by atoms with van der Waals surface area (Å²) in [7, 11) is 1.65. The van der Waals surface area contributed by atoms with Crippen LogP contribution in [0.2, 0.25) is 0 Å². The summed E-state index contributed by atoms with van der Waals surface area (Å²) in [4.78, 5) is 0. The lowest BCUT2D eigenvalue weighted by molar-refractivity contribution is 0.310. The maximum Gasteiger partial charge on any atom is 0.161 e. The van der Waals surface area contributed by atoms with Crippen LogP contribution in [0.4, 0.5) is 5.69 Å². The molecule has 0 saturated carbocycles. The standard InChI is InChI=1S/C17H20BrNO2/c1-4-21-17-10-13(8-9-16(17)20-3)11-19-15-7-5-6-14(18)12(15)2/h5-10,19H,4,11H2,1-3H3. The van der Waals surface area contributed by atoms with E-state index < -0.39 is 0 Å². The number of ether oxygens (including phenoxy) is 2. The Bertz CT molecular complexity index is 614. The normalized spacial score (nSPS) is 10.3. The lowest BCUT2D eigenvalue weighted by Crippen LogP contribution is -2.03. The van der Waals surface area contributed by atoms with Gasteiger partial charge in [-0.3, -0.25) is 0 Å². The number of hydrogen-bond donors (Lipinski definition) is 1. The molecule has 0 atom stereocenters. The van der Waals surface area contributed by atoms with Crippen molar-refractivity contribution < 1.29 is 9.47 Å². The third-order valence-electron chi connectivity index (χ3n) is 3.28. The highest BCUT2D eigenvalue weighted by Crippen LogP contribution is 2.29. The summed E-state index contributed by atoms with van der Waals surface area (Å²) >= 11 is 3.55. The predicted octanol–water partition coefficient (Wildman–Crippen LogP) is 4.78. The Morgan fingerprint density at radius 2 is 1.95 bits per heavy atom. The molecule has 2 aromatic carbocycles. The largest absolute Gasteiger partial charge is 0.493 e. The molecular formula is C17H20BrNO2. The molecule has 0 spiro atoms. The summed E-state index contributed by atoms with van der Waals surface area (Å²) in [5, 5.41) is 3.45. The van der Waals surface area contributed by atoms with Crippen molar-refractivity contribution in [3.05, 3.63) is 52.0 Å². The molecule has 0 fully saturated rings. The molecule has 0 bridgehead atoms. The van der Waals surface area contributed by atoms with Gasteiger partial charge in [-0.1, -0.05) is 28.1 Å². The van der Waals surface area contributed by atoms with E-state index in [1.54, 1.807) is 7.11 Å². The van der Waals surface area contributed by atoms with E-state index in [4.69, 9.17) is 9.47 Å². The van der Waals surface area contributed by atoms with E-state index in [-0.39, 0.29) is 0 Å². The second-order valence-electron chi connectivity index (χ2n) is 4.68. The summed E-state index contributed by atoms with van der Waals surface area (Å²) in [6, 6.07) is 12.1. The molecule has 112 valence electrons. The van der Waals surface area contributed by atoms with Crippen LogP contribution in [-0.4, -0.2) is 13.7 Å². The first kappa shape index (κ1) is 15.7. The summed E-state index contributed by atoms with van der Waals surface area (Å²) in [5.74, 6) is 1.55. The van der Waals surface area contributed by atoms with Crippen LogP contribution in [0.1, 0.15) is 18.1 Å². The van der Waals surface area contributed by atoms with Gasteiger partial charge in [-0.25, -0.2) is 0 Å². The van der Waals surface area contributed by atoms with Crippen molar-refractivity contribution in [3.63, 3.8) is 0 Å². The smallest absolute Gasteiger partial charge is 0.161 e. The van der Waals surface area contributed by atoms with Crippen LogP contribution < -0.4 is 14.8 Å². The van der Waals surface area contributed by atoms with Gasteiger partial charge in [0.1, 0.15) is 0 Å². The van der Waals surface area contributed by atoms with Crippen molar-refractivity contribution in [2.24, 2.45) is 0 Å². The average Bonchev–Trinajstić information content (AvgIpc) is 2.49. The SMILES string of the molecule is CCOc1cc(CNc2cccc(Br)c2C)ccc1OC. The minimum absolute atomic E-state index is 0.623. The Labute approximate surface area is 134 Å². The molecule has 0 amide bonds. The monoisotopic (exact) mass is 349 g/mol. The van der Waals surface area contributed by atoms with Gasteiger partial charge in [0.15, 0.2) is 11.5 Å². The first-order valence-corrected chi connectivity index (χ1v) is 7.73. The average molecular weight is 350 g/mol. The first-order chi connectivity index (χ1) is 10.2. The van der Waals surface area contributed by atoms with Crippen LogP contribution in [0, 0.1) is 6.92 Å². The van der Waals surface area contributed by atoms with Gasteiger partial charge in [-0.15, -0.1) is 0 Å². The van der Waals surface area contributed by atoms with Crippen molar-refractivity contribution in [1.29, 1.82) is 0 Å². The quantitative estimate of drug-likeness (QED) is 0.814. The maximum absolute atomic E-state index is 5.60. The van der Waals surface area contributed by atoms with Gasteiger partial charge in [0.25, 0.3) is 0 Å². The van der Waals surface area contributed by atoms with Crippen molar-refractivity contribution in [2.45, 2.75) is 20.4 Å². The molecule has 3 nitrogen and oxygen atoms in total. The van der Waals surface area contributed by atoms with Gasteiger partial charge >= 0.3 is 0 Å². The number of rotatable bonds is 6. The van der Waals surface area contributed by atoms with E-state index in [1.165, 1.54) is 5.56 Å². The molecule has 0 unspecified atom stereocenters. The van der Waals surface area contributed by atoms with E-state index >= 15 is 0 Å². The molecule has 0 aliphatic rings. The minimum atomic E-state index is 0.623. The second-order valence-corrected chi connectivity index (χ2v) is 5.54. The van der Waals surface area contributed by atoms with Gasteiger partial charge in [0.2, 0.25) is 0 Å². The second kappa shape index (κ2) is 7.36. The highest BCUT2D eigenvalue weighted by molar-refractivity contribution is 9.10. The molecule has 0 radical (unpaired) electrons. The zero-order chi connectivity index (χ0) is 15.2. The van der Waals surface area contributed by atoms with E-state index in [1.807, 2.05) is 37.3 Å². The van der Waals surface area contributed by atoms with E-state index in [0.29, 0.717) is 6.61 Å². The Morgan fingerprint density at radius 3 is 2.67 bits per heavy atom. The molecule has 4 heteroatoms. The molecule has 0 aliphatic carbocycles. The zero-order valence-electron chi connectivity index (χ0n) is 12.6. The fourth-order valence-corrected chi connectivity index (χ4v) is 2.46. The minimum Gasteiger partial charge on any atom is -0.493 e. The Morgan fingerprint density at radius 1 is 1.14 bits per heavy atom. The highest BCUT2D eigenvalue weighted by Gasteiger charge is 2.06. The molecule has 0 heterocycles. The van der Waals surface area contributed by atoms with E-state index in [2.05, 4.69) is 34.2 Å². The van der Waals surface area contributed by atoms with E-state index in [9.17, 15) is 0 Å².